The van der Waals surface area contributed by atoms with Crippen LogP contribution in [0.5, 0.6) is 0 Å². The van der Waals surface area contributed by atoms with E-state index in [4.69, 9.17) is 15.7 Å². The highest BCUT2D eigenvalue weighted by atomic mass is 35.5. The third kappa shape index (κ3) is 5.16. The lowest BCUT2D eigenvalue weighted by atomic mass is 10.1. The van der Waals surface area contributed by atoms with E-state index in [1.54, 1.807) is 0 Å². The highest BCUT2D eigenvalue weighted by Crippen LogP contribution is 2.30. The van der Waals surface area contributed by atoms with Crippen LogP contribution in [0.4, 0.5) is 0 Å². The molecule has 22 heavy (non-hydrogen) atoms. The molecule has 0 saturated carbocycles. The Kier molecular flexibility index (Phi) is 8.24. The topological polar surface area (TPSA) is 92.0 Å². The van der Waals surface area contributed by atoms with Gasteiger partial charge in [-0.15, -0.1) is 12.4 Å². The number of guanidine groups is 1. The fraction of sp³-hybridized carbons (Fsp3) is 0.800. The van der Waals surface area contributed by atoms with Crippen molar-refractivity contribution in [3.8, 4) is 0 Å². The van der Waals surface area contributed by atoms with Gasteiger partial charge >= 0.3 is 0 Å². The van der Waals surface area contributed by atoms with Crippen molar-refractivity contribution in [2.75, 3.05) is 6.54 Å². The molecule has 1 aliphatic rings. The van der Waals surface area contributed by atoms with Gasteiger partial charge < -0.3 is 15.2 Å². The van der Waals surface area contributed by atoms with Gasteiger partial charge in [-0.05, 0) is 19.3 Å². The highest BCUT2D eigenvalue weighted by Gasteiger charge is 2.31. The summed E-state index contributed by atoms with van der Waals surface area (Å²) in [5.74, 6) is 1.49. The molecule has 6 nitrogen and oxygen atoms in total. The Balaban J connectivity index is 0.00000242. The standard InChI is InChI=1S/C15H27N5O.ClH/c1-2-3-4-5-6-7-10-13-18-14(21-19-13)12-9-8-11-20(12)15(16)17;/h12H,2-11H2,1H3,(H3,16,17);1H. The van der Waals surface area contributed by atoms with Crippen LogP contribution in [0.15, 0.2) is 4.52 Å². The molecule has 0 spiro atoms. The van der Waals surface area contributed by atoms with Gasteiger partial charge in [-0.25, -0.2) is 0 Å². The smallest absolute Gasteiger partial charge is 0.249 e. The summed E-state index contributed by atoms with van der Waals surface area (Å²) in [5.41, 5.74) is 5.59. The Hall–Kier alpha value is -1.30. The van der Waals surface area contributed by atoms with Crippen LogP contribution in [-0.2, 0) is 6.42 Å². The van der Waals surface area contributed by atoms with Crippen molar-refractivity contribution in [1.82, 2.24) is 15.0 Å². The normalized spacial score (nSPS) is 17.5. The van der Waals surface area contributed by atoms with Gasteiger partial charge in [-0.3, -0.25) is 5.41 Å². The quantitative estimate of drug-likeness (QED) is 0.433. The van der Waals surface area contributed by atoms with E-state index in [0.717, 1.165) is 38.1 Å². The van der Waals surface area contributed by atoms with Crippen molar-refractivity contribution in [3.05, 3.63) is 11.7 Å². The predicted molar refractivity (Wildman–Crippen MR) is 89.2 cm³/mol. The Morgan fingerprint density at radius 1 is 1.32 bits per heavy atom. The van der Waals surface area contributed by atoms with Gasteiger partial charge in [0.2, 0.25) is 5.89 Å². The molecule has 1 fully saturated rings. The maximum atomic E-state index is 7.58. The summed E-state index contributed by atoms with van der Waals surface area (Å²) in [4.78, 5) is 6.32. The molecule has 1 aromatic heterocycles. The molecule has 0 aliphatic carbocycles. The molecule has 0 aromatic carbocycles. The van der Waals surface area contributed by atoms with Crippen molar-refractivity contribution in [2.45, 2.75) is 70.8 Å². The van der Waals surface area contributed by atoms with Crippen LogP contribution in [0, 0.1) is 5.41 Å². The second-order valence-electron chi connectivity index (χ2n) is 5.80. The summed E-state index contributed by atoms with van der Waals surface area (Å²) < 4.78 is 5.37. The van der Waals surface area contributed by atoms with Crippen LogP contribution < -0.4 is 5.73 Å². The van der Waals surface area contributed by atoms with Crippen molar-refractivity contribution < 1.29 is 4.52 Å². The molecule has 1 atom stereocenters. The summed E-state index contributed by atoms with van der Waals surface area (Å²) in [7, 11) is 0. The minimum atomic E-state index is -0.00620. The van der Waals surface area contributed by atoms with Gasteiger partial charge in [0, 0.05) is 13.0 Å². The molecule has 1 aliphatic heterocycles. The fourth-order valence-electron chi connectivity index (χ4n) is 2.88. The number of rotatable bonds is 8. The summed E-state index contributed by atoms with van der Waals surface area (Å²) >= 11 is 0. The lowest BCUT2D eigenvalue weighted by Gasteiger charge is -2.21. The van der Waals surface area contributed by atoms with Gasteiger partial charge in [0.05, 0.1) is 0 Å². The molecule has 7 heteroatoms. The van der Waals surface area contributed by atoms with E-state index in [0.29, 0.717) is 5.89 Å². The first-order valence-corrected chi connectivity index (χ1v) is 8.15. The Bertz CT molecular complexity index is 451. The minimum absolute atomic E-state index is 0. The minimum Gasteiger partial charge on any atom is -0.370 e. The molecule has 126 valence electrons. The van der Waals surface area contributed by atoms with E-state index < -0.39 is 0 Å². The Labute approximate surface area is 138 Å². The van der Waals surface area contributed by atoms with E-state index in [2.05, 4.69) is 17.1 Å². The maximum absolute atomic E-state index is 7.58. The molecule has 0 amide bonds. The van der Waals surface area contributed by atoms with E-state index in [-0.39, 0.29) is 24.4 Å². The van der Waals surface area contributed by atoms with Crippen molar-refractivity contribution in [2.24, 2.45) is 5.73 Å². The predicted octanol–water partition coefficient (Wildman–Crippen LogP) is 3.42. The van der Waals surface area contributed by atoms with E-state index in [1.165, 1.54) is 32.1 Å². The molecule has 2 rings (SSSR count). The van der Waals surface area contributed by atoms with Gasteiger partial charge in [0.1, 0.15) is 6.04 Å². The van der Waals surface area contributed by atoms with E-state index in [9.17, 15) is 0 Å². The number of nitrogens with two attached hydrogens (primary N) is 1. The Morgan fingerprint density at radius 3 is 2.77 bits per heavy atom. The number of aromatic nitrogens is 2. The van der Waals surface area contributed by atoms with Crippen molar-refractivity contribution in [1.29, 1.82) is 5.41 Å². The zero-order chi connectivity index (χ0) is 15.1. The third-order valence-corrected chi connectivity index (χ3v) is 4.09. The fourth-order valence-corrected chi connectivity index (χ4v) is 2.88. The first kappa shape index (κ1) is 18.7. The third-order valence-electron chi connectivity index (χ3n) is 4.09. The number of halogens is 1. The number of nitrogens with one attached hydrogen (secondary N) is 1. The number of unbranched alkanes of at least 4 members (excludes halogenated alkanes) is 5. The first-order chi connectivity index (χ1) is 10.2. The van der Waals surface area contributed by atoms with Gasteiger partial charge in [0.25, 0.3) is 0 Å². The van der Waals surface area contributed by atoms with Crippen LogP contribution in [-0.4, -0.2) is 27.5 Å². The maximum Gasteiger partial charge on any atom is 0.249 e. The summed E-state index contributed by atoms with van der Waals surface area (Å²) in [6.45, 7) is 3.03. The van der Waals surface area contributed by atoms with Crippen molar-refractivity contribution >= 4 is 18.4 Å². The first-order valence-electron chi connectivity index (χ1n) is 8.15. The number of hydrogen-bond acceptors (Lipinski definition) is 4. The Morgan fingerprint density at radius 2 is 2.05 bits per heavy atom. The summed E-state index contributed by atoms with van der Waals surface area (Å²) in [6.07, 6.45) is 10.4. The monoisotopic (exact) mass is 329 g/mol. The van der Waals surface area contributed by atoms with Crippen molar-refractivity contribution in [3.63, 3.8) is 0 Å². The van der Waals surface area contributed by atoms with Gasteiger partial charge in [-0.1, -0.05) is 44.2 Å². The van der Waals surface area contributed by atoms with Crippen LogP contribution in [0.2, 0.25) is 0 Å². The van der Waals surface area contributed by atoms with Crippen LogP contribution >= 0.6 is 12.4 Å². The van der Waals surface area contributed by atoms with Crippen LogP contribution in [0.1, 0.15) is 76.0 Å². The van der Waals surface area contributed by atoms with E-state index in [1.807, 2.05) is 4.90 Å². The SMILES string of the molecule is CCCCCCCCc1noc(C2CCCN2C(=N)N)n1.Cl. The molecule has 1 unspecified atom stereocenters. The molecular formula is C15H28ClN5O. The summed E-state index contributed by atoms with van der Waals surface area (Å²) in [6, 6.07) is -0.00620. The summed E-state index contributed by atoms with van der Waals surface area (Å²) in [5, 5.41) is 11.6. The van der Waals surface area contributed by atoms with Gasteiger partial charge in [0.15, 0.2) is 11.8 Å². The lowest BCUT2D eigenvalue weighted by Crippen LogP contribution is -2.35. The second-order valence-corrected chi connectivity index (χ2v) is 5.80. The largest absolute Gasteiger partial charge is 0.370 e. The molecule has 1 saturated heterocycles. The number of nitrogens with zero attached hydrogens (tertiary/aromatic N) is 3. The van der Waals surface area contributed by atoms with Crippen LogP contribution in [0.25, 0.3) is 0 Å². The zero-order valence-corrected chi connectivity index (χ0v) is 14.2. The number of aryl methyl sites for hydroxylation is 1. The highest BCUT2D eigenvalue weighted by molar-refractivity contribution is 5.85. The lowest BCUT2D eigenvalue weighted by molar-refractivity contribution is 0.282. The van der Waals surface area contributed by atoms with E-state index >= 15 is 0 Å². The molecule has 0 bridgehead atoms. The number of likely N-dealkylation sites (tertiary alicyclic amines) is 1. The molecule has 0 radical (unpaired) electrons. The molecular weight excluding hydrogens is 302 g/mol. The molecule has 1 aromatic rings. The van der Waals surface area contributed by atoms with Crippen LogP contribution in [0.3, 0.4) is 0 Å². The molecule has 3 N–H and O–H groups in total. The average molecular weight is 330 g/mol. The second kappa shape index (κ2) is 9.66. The van der Waals surface area contributed by atoms with Gasteiger partial charge in [-0.2, -0.15) is 4.98 Å². The zero-order valence-electron chi connectivity index (χ0n) is 13.4. The number of hydrogen-bond donors (Lipinski definition) is 2. The average Bonchev–Trinajstić information content (AvgIpc) is 3.10. The molecule has 2 heterocycles.